The van der Waals surface area contributed by atoms with Gasteiger partial charge in [-0.15, -0.1) is 11.3 Å². The Morgan fingerprint density at radius 1 is 1.62 bits per heavy atom. The molecule has 66 valence electrons. The third-order valence-electron chi connectivity index (χ3n) is 1.70. The minimum Gasteiger partial charge on any atom is -0.297 e. The van der Waals surface area contributed by atoms with Gasteiger partial charge in [0.05, 0.1) is 15.3 Å². The molecule has 1 atom stereocenters. The van der Waals surface area contributed by atoms with Gasteiger partial charge in [0.15, 0.2) is 6.29 Å². The molecule has 3 nitrogen and oxygen atoms in total. The van der Waals surface area contributed by atoms with Crippen molar-refractivity contribution in [2.75, 3.05) is 0 Å². The van der Waals surface area contributed by atoms with Crippen LogP contribution in [0.25, 0.3) is 0 Å². The third-order valence-corrected chi connectivity index (χ3v) is 3.84. The topological polar surface area (TPSA) is 46.5 Å². The van der Waals surface area contributed by atoms with Crippen LogP contribution in [0.5, 0.6) is 0 Å². The van der Waals surface area contributed by atoms with Crippen LogP contribution in [0.15, 0.2) is 11.1 Å². The molecule has 0 spiro atoms. The van der Waals surface area contributed by atoms with E-state index in [0.29, 0.717) is 10.4 Å². The number of nitrogens with zero attached hydrogens (tertiary/aromatic N) is 1. The fraction of sp³-hybridized carbons (Fsp3) is 0.125. The van der Waals surface area contributed by atoms with E-state index < -0.39 is 0 Å². The average molecular weight is 258 g/mol. The van der Waals surface area contributed by atoms with E-state index in [9.17, 15) is 9.59 Å². The number of aldehydes is 1. The summed E-state index contributed by atoms with van der Waals surface area (Å²) in [6.07, 6.45) is 2.28. The second-order valence-corrected chi connectivity index (χ2v) is 4.63. The van der Waals surface area contributed by atoms with Crippen LogP contribution in [-0.4, -0.2) is 18.4 Å². The highest BCUT2D eigenvalue weighted by molar-refractivity contribution is 9.09. The van der Waals surface area contributed by atoms with E-state index in [-0.39, 0.29) is 10.7 Å². The van der Waals surface area contributed by atoms with Crippen LogP contribution in [0.2, 0.25) is 0 Å². The fourth-order valence-electron chi connectivity index (χ4n) is 1.13. The highest BCUT2D eigenvalue weighted by atomic mass is 79.9. The average Bonchev–Trinajstić information content (AvgIpc) is 2.56. The highest BCUT2D eigenvalue weighted by Gasteiger charge is 2.23. The normalized spacial score (nSPS) is 20.1. The van der Waals surface area contributed by atoms with E-state index >= 15 is 0 Å². The Balaban J connectivity index is 2.58. The number of rotatable bonds is 1. The molecule has 0 aliphatic carbocycles. The van der Waals surface area contributed by atoms with Crippen LogP contribution in [0.1, 0.15) is 29.7 Å². The number of fused-ring (bicyclic) bond motifs is 1. The van der Waals surface area contributed by atoms with Crippen LogP contribution in [-0.2, 0) is 0 Å². The van der Waals surface area contributed by atoms with Crippen LogP contribution in [0.4, 0.5) is 0 Å². The molecule has 2 heterocycles. The van der Waals surface area contributed by atoms with Crippen LogP contribution >= 0.6 is 27.3 Å². The van der Waals surface area contributed by atoms with Crippen molar-refractivity contribution >= 4 is 45.7 Å². The molecule has 13 heavy (non-hydrogen) atoms. The number of amides is 1. The van der Waals surface area contributed by atoms with Gasteiger partial charge in [0, 0.05) is 11.1 Å². The maximum absolute atomic E-state index is 11.2. The Kier molecular flexibility index (Phi) is 2.13. The summed E-state index contributed by atoms with van der Waals surface area (Å²) in [6.45, 7) is 0. The van der Waals surface area contributed by atoms with Gasteiger partial charge in [0.25, 0.3) is 5.91 Å². The lowest BCUT2D eigenvalue weighted by atomic mass is 10.1. The summed E-state index contributed by atoms with van der Waals surface area (Å²) >= 11 is 4.67. The number of carbonyl (C=O) groups excluding carboxylic acids is 2. The summed E-state index contributed by atoms with van der Waals surface area (Å²) in [6, 6.07) is 1.58. The molecule has 1 aliphatic rings. The third kappa shape index (κ3) is 1.38. The van der Waals surface area contributed by atoms with Crippen LogP contribution < -0.4 is 0 Å². The Morgan fingerprint density at radius 3 is 3.00 bits per heavy atom. The molecule has 1 unspecified atom stereocenters. The zero-order valence-electron chi connectivity index (χ0n) is 6.36. The lowest BCUT2D eigenvalue weighted by molar-refractivity contribution is 0.100. The van der Waals surface area contributed by atoms with Crippen LogP contribution in [0, 0.1) is 0 Å². The van der Waals surface area contributed by atoms with Crippen molar-refractivity contribution in [3.63, 3.8) is 0 Å². The lowest BCUT2D eigenvalue weighted by Gasteiger charge is -2.07. The second-order valence-electron chi connectivity index (χ2n) is 2.53. The predicted octanol–water partition coefficient (Wildman–Crippen LogP) is 2.22. The van der Waals surface area contributed by atoms with Crippen molar-refractivity contribution in [2.45, 2.75) is 4.83 Å². The molecular formula is C8H4BrNO2S. The molecule has 0 N–H and O–H groups in total. The molecule has 1 aromatic heterocycles. The SMILES string of the molecule is O=Cc1cc2c(s1)C(Br)C=NC2=O. The summed E-state index contributed by atoms with van der Waals surface area (Å²) in [5.41, 5.74) is 0.538. The zero-order valence-corrected chi connectivity index (χ0v) is 8.76. The predicted molar refractivity (Wildman–Crippen MR) is 54.2 cm³/mol. The first kappa shape index (κ1) is 8.77. The number of carbonyl (C=O) groups is 2. The number of hydrogen-bond acceptors (Lipinski definition) is 3. The summed E-state index contributed by atoms with van der Waals surface area (Å²) in [7, 11) is 0. The summed E-state index contributed by atoms with van der Waals surface area (Å²) in [4.78, 5) is 26.8. The van der Waals surface area contributed by atoms with Gasteiger partial charge in [-0.25, -0.2) is 4.99 Å². The Labute approximate surface area is 86.6 Å². The van der Waals surface area contributed by atoms with Gasteiger partial charge in [-0.2, -0.15) is 0 Å². The van der Waals surface area contributed by atoms with E-state index in [1.165, 1.54) is 17.6 Å². The first-order chi connectivity index (χ1) is 6.22. The van der Waals surface area contributed by atoms with E-state index in [4.69, 9.17) is 0 Å². The Hall–Kier alpha value is -0.810. The number of halogens is 1. The van der Waals surface area contributed by atoms with Crippen molar-refractivity contribution in [1.82, 2.24) is 0 Å². The van der Waals surface area contributed by atoms with Crippen molar-refractivity contribution in [3.8, 4) is 0 Å². The smallest absolute Gasteiger partial charge is 0.277 e. The minimum atomic E-state index is -0.268. The maximum atomic E-state index is 11.2. The van der Waals surface area contributed by atoms with E-state index in [1.54, 1.807) is 6.07 Å². The fourth-order valence-corrected chi connectivity index (χ4v) is 2.68. The maximum Gasteiger partial charge on any atom is 0.277 e. The molecule has 0 radical (unpaired) electrons. The molecule has 0 bridgehead atoms. The molecule has 2 rings (SSSR count). The molecule has 0 fully saturated rings. The van der Waals surface area contributed by atoms with Gasteiger partial charge in [-0.3, -0.25) is 9.59 Å². The minimum absolute atomic E-state index is 0.0427. The largest absolute Gasteiger partial charge is 0.297 e. The van der Waals surface area contributed by atoms with Crippen molar-refractivity contribution < 1.29 is 9.59 Å². The molecule has 0 saturated heterocycles. The summed E-state index contributed by atoms with van der Waals surface area (Å²) in [5, 5.41) is 0. The van der Waals surface area contributed by atoms with Crippen LogP contribution in [0.3, 0.4) is 0 Å². The molecular weight excluding hydrogens is 254 g/mol. The van der Waals surface area contributed by atoms with E-state index in [0.717, 1.165) is 11.2 Å². The van der Waals surface area contributed by atoms with E-state index in [1.807, 2.05) is 0 Å². The summed E-state index contributed by atoms with van der Waals surface area (Å²) < 4.78 is 0. The number of aliphatic imine (C=N–C) groups is 1. The molecule has 1 aromatic rings. The van der Waals surface area contributed by atoms with Gasteiger partial charge in [-0.05, 0) is 6.07 Å². The quantitative estimate of drug-likeness (QED) is 0.572. The van der Waals surface area contributed by atoms with Gasteiger partial charge >= 0.3 is 0 Å². The molecule has 0 saturated carbocycles. The van der Waals surface area contributed by atoms with Gasteiger partial charge in [0.1, 0.15) is 0 Å². The standard InChI is InChI=1S/C8H4BrNO2S/c9-6-2-10-8(12)5-1-4(3-11)13-7(5)6/h1-3,6H. The molecule has 1 amide bonds. The lowest BCUT2D eigenvalue weighted by Crippen LogP contribution is -2.06. The zero-order chi connectivity index (χ0) is 9.42. The molecule has 5 heteroatoms. The first-order valence-corrected chi connectivity index (χ1v) is 5.27. The van der Waals surface area contributed by atoms with Crippen molar-refractivity contribution in [1.29, 1.82) is 0 Å². The van der Waals surface area contributed by atoms with Gasteiger partial charge in [0.2, 0.25) is 0 Å². The molecule has 0 aromatic carbocycles. The number of hydrogen-bond donors (Lipinski definition) is 0. The monoisotopic (exact) mass is 257 g/mol. The van der Waals surface area contributed by atoms with E-state index in [2.05, 4.69) is 20.9 Å². The number of thiophene rings is 1. The second kappa shape index (κ2) is 3.16. The number of alkyl halides is 1. The van der Waals surface area contributed by atoms with Crippen molar-refractivity contribution in [3.05, 3.63) is 21.4 Å². The Morgan fingerprint density at radius 2 is 2.38 bits per heavy atom. The van der Waals surface area contributed by atoms with Gasteiger partial charge in [-0.1, -0.05) is 15.9 Å². The van der Waals surface area contributed by atoms with Gasteiger partial charge < -0.3 is 0 Å². The van der Waals surface area contributed by atoms with Crippen molar-refractivity contribution in [2.24, 2.45) is 4.99 Å². The molecule has 1 aliphatic heterocycles. The summed E-state index contributed by atoms with van der Waals surface area (Å²) in [5.74, 6) is -0.268. The Bertz CT molecular complexity index is 410. The highest BCUT2D eigenvalue weighted by Crippen LogP contribution is 2.34. The first-order valence-electron chi connectivity index (χ1n) is 3.54.